The SMILES string of the molecule is CC(C)(C)CC(=O)Nc1cncc(-c2ccc3[nH]nc(-c4cc5c(-c6cccs6)ccnc5[nH]4)c3n2)c1. The quantitative estimate of drug-likeness (QED) is 0.241. The summed E-state index contributed by atoms with van der Waals surface area (Å²) in [5.41, 5.74) is 7.15. The number of rotatable bonds is 5. The Morgan fingerprint density at radius 3 is 2.81 bits per heavy atom. The second-order valence-electron chi connectivity index (χ2n) is 10.2. The normalized spacial score (nSPS) is 11.9. The Balaban J connectivity index is 1.36. The van der Waals surface area contributed by atoms with Gasteiger partial charge in [0, 0.05) is 40.2 Å². The summed E-state index contributed by atoms with van der Waals surface area (Å²) in [7, 11) is 0. The van der Waals surface area contributed by atoms with E-state index < -0.39 is 0 Å². The van der Waals surface area contributed by atoms with Gasteiger partial charge in [0.2, 0.25) is 5.91 Å². The number of pyridine rings is 3. The van der Waals surface area contributed by atoms with Crippen molar-refractivity contribution in [3.63, 3.8) is 0 Å². The molecule has 0 aliphatic heterocycles. The molecular formula is C28H25N7OS. The van der Waals surface area contributed by atoms with Gasteiger partial charge >= 0.3 is 0 Å². The Morgan fingerprint density at radius 1 is 1.11 bits per heavy atom. The highest BCUT2D eigenvalue weighted by atomic mass is 32.1. The zero-order chi connectivity index (χ0) is 25.6. The van der Waals surface area contributed by atoms with Gasteiger partial charge in [-0.05, 0) is 47.2 Å². The van der Waals surface area contributed by atoms with Crippen molar-refractivity contribution in [2.45, 2.75) is 27.2 Å². The Labute approximate surface area is 217 Å². The number of fused-ring (bicyclic) bond motifs is 2. The van der Waals surface area contributed by atoms with Crippen molar-refractivity contribution in [3.05, 3.63) is 66.4 Å². The van der Waals surface area contributed by atoms with Crippen LogP contribution in [0.2, 0.25) is 0 Å². The molecule has 0 aliphatic rings. The largest absolute Gasteiger partial charge is 0.338 e. The molecule has 0 aromatic carbocycles. The molecule has 6 aromatic heterocycles. The number of thiophene rings is 1. The summed E-state index contributed by atoms with van der Waals surface area (Å²) < 4.78 is 0. The van der Waals surface area contributed by atoms with Crippen LogP contribution < -0.4 is 5.32 Å². The summed E-state index contributed by atoms with van der Waals surface area (Å²) in [5, 5.41) is 13.7. The molecule has 0 atom stereocenters. The van der Waals surface area contributed by atoms with Crippen molar-refractivity contribution >= 4 is 45.0 Å². The standard InChI is InChI=1S/C28H25N7OS/c1-28(2,3)13-24(36)31-17-11-16(14-29-15-17)20-6-7-21-25(32-20)26(35-34-21)22-12-19-18(23-5-4-10-37-23)8-9-30-27(19)33-22/h4-12,14-15H,13H2,1-3H3,(H,30,33)(H,31,36)(H,34,35). The molecule has 0 radical (unpaired) electrons. The van der Waals surface area contributed by atoms with E-state index in [1.807, 2.05) is 57.3 Å². The van der Waals surface area contributed by atoms with E-state index in [0.29, 0.717) is 12.1 Å². The first-order valence-corrected chi connectivity index (χ1v) is 12.8. The van der Waals surface area contributed by atoms with Crippen molar-refractivity contribution in [1.29, 1.82) is 0 Å². The molecule has 6 aromatic rings. The van der Waals surface area contributed by atoms with E-state index in [2.05, 4.69) is 48.0 Å². The highest BCUT2D eigenvalue weighted by Gasteiger charge is 2.18. The number of nitrogens with one attached hydrogen (secondary N) is 3. The molecule has 0 spiro atoms. The number of hydrogen-bond acceptors (Lipinski definition) is 6. The molecule has 1 amide bonds. The van der Waals surface area contributed by atoms with Gasteiger partial charge in [-0.15, -0.1) is 11.3 Å². The molecule has 0 aliphatic carbocycles. The highest BCUT2D eigenvalue weighted by Crippen LogP contribution is 2.35. The third-order valence-electron chi connectivity index (χ3n) is 5.99. The van der Waals surface area contributed by atoms with Crippen LogP contribution in [-0.4, -0.2) is 36.0 Å². The van der Waals surface area contributed by atoms with Gasteiger partial charge in [0.25, 0.3) is 0 Å². The first-order valence-electron chi connectivity index (χ1n) is 12.0. The van der Waals surface area contributed by atoms with Crippen LogP contribution in [-0.2, 0) is 4.79 Å². The number of nitrogens with zero attached hydrogens (tertiary/aromatic N) is 4. The van der Waals surface area contributed by atoms with E-state index in [1.165, 1.54) is 4.88 Å². The fraction of sp³-hybridized carbons (Fsp3) is 0.179. The minimum atomic E-state index is -0.0952. The van der Waals surface area contributed by atoms with Gasteiger partial charge < -0.3 is 10.3 Å². The van der Waals surface area contributed by atoms with Crippen LogP contribution in [0.3, 0.4) is 0 Å². The van der Waals surface area contributed by atoms with Crippen molar-refractivity contribution in [1.82, 2.24) is 30.1 Å². The highest BCUT2D eigenvalue weighted by molar-refractivity contribution is 7.13. The van der Waals surface area contributed by atoms with Crippen molar-refractivity contribution in [2.75, 3.05) is 5.32 Å². The molecule has 6 heterocycles. The first kappa shape index (κ1) is 23.1. The van der Waals surface area contributed by atoms with Crippen LogP contribution in [0.4, 0.5) is 5.69 Å². The minimum absolute atomic E-state index is 0.0404. The second-order valence-corrected chi connectivity index (χ2v) is 11.1. The molecule has 9 heteroatoms. The van der Waals surface area contributed by atoms with E-state index in [4.69, 9.17) is 4.98 Å². The number of carbonyl (C=O) groups is 1. The lowest BCUT2D eigenvalue weighted by molar-refractivity contribution is -0.117. The zero-order valence-corrected chi connectivity index (χ0v) is 21.5. The number of aromatic nitrogens is 6. The topological polar surface area (TPSA) is 112 Å². The molecule has 3 N–H and O–H groups in total. The third kappa shape index (κ3) is 4.61. The van der Waals surface area contributed by atoms with Crippen molar-refractivity contribution in [2.24, 2.45) is 5.41 Å². The number of hydrogen-bond donors (Lipinski definition) is 3. The molecule has 184 valence electrons. The third-order valence-corrected chi connectivity index (χ3v) is 6.89. The summed E-state index contributed by atoms with van der Waals surface area (Å²) in [4.78, 5) is 30.8. The van der Waals surface area contributed by atoms with Crippen LogP contribution in [0, 0.1) is 5.41 Å². The molecule has 0 bridgehead atoms. The Morgan fingerprint density at radius 2 is 2.00 bits per heavy atom. The number of amides is 1. The van der Waals surface area contributed by atoms with Crippen LogP contribution in [0.1, 0.15) is 27.2 Å². The fourth-order valence-electron chi connectivity index (χ4n) is 4.38. The Hall–Kier alpha value is -4.37. The maximum atomic E-state index is 12.4. The van der Waals surface area contributed by atoms with Crippen LogP contribution >= 0.6 is 11.3 Å². The summed E-state index contributed by atoms with van der Waals surface area (Å²) in [6.07, 6.45) is 5.63. The molecular weight excluding hydrogens is 482 g/mol. The van der Waals surface area contributed by atoms with E-state index >= 15 is 0 Å². The van der Waals surface area contributed by atoms with E-state index in [1.54, 1.807) is 23.7 Å². The number of aromatic amines is 2. The molecule has 6 rings (SSSR count). The lowest BCUT2D eigenvalue weighted by atomic mass is 9.92. The van der Waals surface area contributed by atoms with Gasteiger partial charge in [-0.1, -0.05) is 26.8 Å². The molecule has 0 unspecified atom stereocenters. The summed E-state index contributed by atoms with van der Waals surface area (Å²) in [5.74, 6) is -0.0404. The predicted octanol–water partition coefficient (Wildman–Crippen LogP) is 6.67. The summed E-state index contributed by atoms with van der Waals surface area (Å²) in [6, 6.07) is 14.0. The number of anilines is 1. The van der Waals surface area contributed by atoms with Gasteiger partial charge in [-0.3, -0.25) is 14.9 Å². The van der Waals surface area contributed by atoms with E-state index in [-0.39, 0.29) is 11.3 Å². The Kier molecular flexibility index (Phi) is 5.57. The smallest absolute Gasteiger partial charge is 0.224 e. The fourth-order valence-corrected chi connectivity index (χ4v) is 5.15. The summed E-state index contributed by atoms with van der Waals surface area (Å²) in [6.45, 7) is 6.11. The van der Waals surface area contributed by atoms with E-state index in [9.17, 15) is 4.79 Å². The molecule has 0 saturated carbocycles. The van der Waals surface area contributed by atoms with Gasteiger partial charge in [-0.2, -0.15) is 5.10 Å². The lowest BCUT2D eigenvalue weighted by Gasteiger charge is -2.17. The molecule has 37 heavy (non-hydrogen) atoms. The average molecular weight is 508 g/mol. The predicted molar refractivity (Wildman–Crippen MR) is 148 cm³/mol. The Bertz CT molecular complexity index is 1740. The van der Waals surface area contributed by atoms with Gasteiger partial charge in [0.05, 0.1) is 28.8 Å². The van der Waals surface area contributed by atoms with Crippen molar-refractivity contribution < 1.29 is 4.79 Å². The molecule has 0 saturated heterocycles. The first-order chi connectivity index (χ1) is 17.8. The van der Waals surface area contributed by atoms with E-state index in [0.717, 1.165) is 50.3 Å². The maximum Gasteiger partial charge on any atom is 0.224 e. The average Bonchev–Trinajstić information content (AvgIpc) is 3.61. The zero-order valence-electron chi connectivity index (χ0n) is 20.7. The van der Waals surface area contributed by atoms with Gasteiger partial charge in [-0.25, -0.2) is 9.97 Å². The minimum Gasteiger partial charge on any atom is -0.338 e. The molecule has 0 fully saturated rings. The number of H-pyrrole nitrogens is 2. The van der Waals surface area contributed by atoms with Gasteiger partial charge in [0.1, 0.15) is 16.9 Å². The number of carbonyl (C=O) groups excluding carboxylic acids is 1. The van der Waals surface area contributed by atoms with Crippen LogP contribution in [0.15, 0.2) is 66.4 Å². The van der Waals surface area contributed by atoms with Crippen LogP contribution in [0.25, 0.3) is 55.2 Å². The maximum absolute atomic E-state index is 12.4. The van der Waals surface area contributed by atoms with Crippen LogP contribution in [0.5, 0.6) is 0 Å². The monoisotopic (exact) mass is 507 g/mol. The van der Waals surface area contributed by atoms with Gasteiger partial charge in [0.15, 0.2) is 0 Å². The second kappa shape index (κ2) is 8.94. The van der Waals surface area contributed by atoms with Crippen molar-refractivity contribution in [3.8, 4) is 33.1 Å². The lowest BCUT2D eigenvalue weighted by Crippen LogP contribution is -2.19. The summed E-state index contributed by atoms with van der Waals surface area (Å²) >= 11 is 1.70. The molecule has 8 nitrogen and oxygen atoms in total.